The van der Waals surface area contributed by atoms with Gasteiger partial charge in [0, 0.05) is 43.1 Å². The van der Waals surface area contributed by atoms with Crippen LogP contribution in [0.5, 0.6) is 0 Å². The van der Waals surface area contributed by atoms with Crippen LogP contribution in [0.4, 0.5) is 17.1 Å². The van der Waals surface area contributed by atoms with E-state index in [1.807, 2.05) is 25.1 Å². The minimum absolute atomic E-state index is 0.00522. The first-order valence-electron chi connectivity index (χ1n) is 10.8. The molecule has 0 spiro atoms. The zero-order valence-electron chi connectivity index (χ0n) is 18.7. The second-order valence-electron chi connectivity index (χ2n) is 7.62. The molecule has 2 N–H and O–H groups in total. The van der Waals surface area contributed by atoms with Crippen LogP contribution in [-0.2, 0) is 19.6 Å². The summed E-state index contributed by atoms with van der Waals surface area (Å²) < 4.78 is 26.8. The van der Waals surface area contributed by atoms with E-state index in [2.05, 4.69) is 10.6 Å². The average molecular weight is 459 g/mol. The van der Waals surface area contributed by atoms with Gasteiger partial charge in [-0.15, -0.1) is 0 Å². The number of carbonyl (C=O) groups excluding carboxylic acids is 2. The average Bonchev–Trinajstić information content (AvgIpc) is 3.19. The first-order chi connectivity index (χ1) is 15.3. The minimum Gasteiger partial charge on any atom is -0.376 e. The minimum atomic E-state index is -3.60. The van der Waals surface area contributed by atoms with Crippen LogP contribution in [-0.4, -0.2) is 50.7 Å². The van der Waals surface area contributed by atoms with Crippen LogP contribution < -0.4 is 15.5 Å². The van der Waals surface area contributed by atoms with E-state index in [1.165, 1.54) is 16.4 Å². The predicted octanol–water partition coefficient (Wildman–Crippen LogP) is 3.20. The van der Waals surface area contributed by atoms with Gasteiger partial charge in [-0.3, -0.25) is 9.59 Å². The third-order valence-electron chi connectivity index (χ3n) is 5.57. The van der Waals surface area contributed by atoms with Crippen molar-refractivity contribution in [2.24, 2.45) is 0 Å². The lowest BCUT2D eigenvalue weighted by atomic mass is 10.1. The summed E-state index contributed by atoms with van der Waals surface area (Å²) in [6.07, 6.45) is 1.41. The van der Waals surface area contributed by atoms with Gasteiger partial charge in [0.2, 0.25) is 21.8 Å². The Morgan fingerprint density at radius 3 is 2.50 bits per heavy atom. The summed E-state index contributed by atoms with van der Waals surface area (Å²) in [5, 5.41) is 5.86. The van der Waals surface area contributed by atoms with Gasteiger partial charge in [0.15, 0.2) is 0 Å². The van der Waals surface area contributed by atoms with Gasteiger partial charge in [0.1, 0.15) is 0 Å². The Labute approximate surface area is 189 Å². The van der Waals surface area contributed by atoms with Crippen molar-refractivity contribution in [3.05, 3.63) is 48.0 Å². The largest absolute Gasteiger partial charge is 0.376 e. The van der Waals surface area contributed by atoms with Crippen LogP contribution in [0.3, 0.4) is 0 Å². The third-order valence-corrected chi connectivity index (χ3v) is 7.62. The second kappa shape index (κ2) is 10.1. The summed E-state index contributed by atoms with van der Waals surface area (Å²) in [7, 11) is -3.60. The van der Waals surface area contributed by atoms with E-state index in [1.54, 1.807) is 30.9 Å². The zero-order valence-corrected chi connectivity index (χ0v) is 19.5. The van der Waals surface area contributed by atoms with Gasteiger partial charge < -0.3 is 15.5 Å². The molecular weight excluding hydrogens is 428 g/mol. The molecule has 9 heteroatoms. The Morgan fingerprint density at radius 1 is 1.12 bits per heavy atom. The third kappa shape index (κ3) is 5.11. The van der Waals surface area contributed by atoms with Gasteiger partial charge in [-0.05, 0) is 49.2 Å². The van der Waals surface area contributed by atoms with E-state index in [4.69, 9.17) is 0 Å². The monoisotopic (exact) mass is 458 g/mol. The Balaban J connectivity index is 1.67. The maximum Gasteiger partial charge on any atom is 0.243 e. The van der Waals surface area contributed by atoms with Gasteiger partial charge in [-0.2, -0.15) is 4.31 Å². The highest BCUT2D eigenvalue weighted by atomic mass is 32.2. The number of sulfonamides is 1. The molecule has 1 aliphatic rings. The van der Waals surface area contributed by atoms with Gasteiger partial charge in [-0.1, -0.05) is 26.0 Å². The summed E-state index contributed by atoms with van der Waals surface area (Å²) in [5.41, 5.74) is 2.95. The highest BCUT2D eigenvalue weighted by Crippen LogP contribution is 2.29. The fourth-order valence-corrected chi connectivity index (χ4v) is 5.34. The standard InChI is InChI=1S/C23H30N4O4S/c1-4-26(5-2)32(30,31)19-10-6-9-18(15-19)25-22(28)16-24-20-11-7-12-21(17(20)3)27-14-8-13-23(27)29/h6-7,9-12,15,24H,4-5,8,13-14,16H2,1-3H3,(H,25,28). The number of hydrogen-bond donors (Lipinski definition) is 2. The van der Waals surface area contributed by atoms with Crippen molar-refractivity contribution < 1.29 is 18.0 Å². The molecule has 2 amide bonds. The van der Waals surface area contributed by atoms with E-state index in [0.717, 1.165) is 23.4 Å². The molecule has 1 aliphatic heterocycles. The van der Waals surface area contributed by atoms with E-state index in [-0.39, 0.29) is 23.3 Å². The van der Waals surface area contributed by atoms with Gasteiger partial charge in [0.05, 0.1) is 11.4 Å². The molecule has 1 heterocycles. The molecule has 1 saturated heterocycles. The summed E-state index contributed by atoms with van der Waals surface area (Å²) in [6, 6.07) is 11.9. The molecule has 0 saturated carbocycles. The second-order valence-corrected chi connectivity index (χ2v) is 9.56. The molecule has 172 valence electrons. The highest BCUT2D eigenvalue weighted by molar-refractivity contribution is 7.89. The Bertz CT molecular complexity index is 1100. The molecule has 0 atom stereocenters. The van der Waals surface area contributed by atoms with E-state index in [0.29, 0.717) is 31.7 Å². The van der Waals surface area contributed by atoms with E-state index >= 15 is 0 Å². The maximum absolute atomic E-state index is 12.7. The van der Waals surface area contributed by atoms with Crippen molar-refractivity contribution in [1.29, 1.82) is 0 Å². The molecular formula is C23H30N4O4S. The highest BCUT2D eigenvalue weighted by Gasteiger charge is 2.24. The number of carbonyl (C=O) groups is 2. The van der Waals surface area contributed by atoms with Crippen molar-refractivity contribution in [2.75, 3.05) is 41.7 Å². The van der Waals surface area contributed by atoms with Gasteiger partial charge >= 0.3 is 0 Å². The smallest absolute Gasteiger partial charge is 0.243 e. The van der Waals surface area contributed by atoms with Crippen LogP contribution in [0, 0.1) is 6.92 Å². The Kier molecular flexibility index (Phi) is 7.52. The fraction of sp³-hybridized carbons (Fsp3) is 0.391. The molecule has 0 aliphatic carbocycles. The first kappa shape index (κ1) is 23.7. The molecule has 0 aromatic heterocycles. The lowest BCUT2D eigenvalue weighted by molar-refractivity contribution is -0.117. The Morgan fingerprint density at radius 2 is 1.84 bits per heavy atom. The molecule has 2 aromatic carbocycles. The van der Waals surface area contributed by atoms with Crippen molar-refractivity contribution >= 4 is 38.9 Å². The van der Waals surface area contributed by atoms with Crippen LogP contribution in [0.2, 0.25) is 0 Å². The number of nitrogens with one attached hydrogen (secondary N) is 2. The lowest BCUT2D eigenvalue weighted by Gasteiger charge is -2.21. The van der Waals surface area contributed by atoms with Crippen molar-refractivity contribution in [3.8, 4) is 0 Å². The first-order valence-corrected chi connectivity index (χ1v) is 12.3. The van der Waals surface area contributed by atoms with Crippen molar-refractivity contribution in [1.82, 2.24) is 4.31 Å². The Hall–Kier alpha value is -2.91. The quantitative estimate of drug-likeness (QED) is 0.601. The molecule has 2 aromatic rings. The summed E-state index contributed by atoms with van der Waals surface area (Å²) in [6.45, 7) is 6.95. The number of rotatable bonds is 9. The van der Waals surface area contributed by atoms with Crippen LogP contribution in [0.25, 0.3) is 0 Å². The lowest BCUT2D eigenvalue weighted by Crippen LogP contribution is -2.30. The summed E-state index contributed by atoms with van der Waals surface area (Å²) in [4.78, 5) is 26.5. The van der Waals surface area contributed by atoms with Gasteiger partial charge in [-0.25, -0.2) is 8.42 Å². The predicted molar refractivity (Wildman–Crippen MR) is 126 cm³/mol. The molecule has 3 rings (SSSR count). The van der Waals surface area contributed by atoms with Gasteiger partial charge in [0.25, 0.3) is 0 Å². The van der Waals surface area contributed by atoms with Crippen LogP contribution >= 0.6 is 0 Å². The van der Waals surface area contributed by atoms with E-state index < -0.39 is 10.0 Å². The number of nitrogens with zero attached hydrogens (tertiary/aromatic N) is 2. The summed E-state index contributed by atoms with van der Waals surface area (Å²) >= 11 is 0. The normalized spacial score (nSPS) is 14.1. The van der Waals surface area contributed by atoms with E-state index in [9.17, 15) is 18.0 Å². The molecule has 8 nitrogen and oxygen atoms in total. The van der Waals surface area contributed by atoms with Crippen LogP contribution in [0.15, 0.2) is 47.4 Å². The number of amides is 2. The molecule has 0 bridgehead atoms. The topological polar surface area (TPSA) is 98.8 Å². The molecule has 0 unspecified atom stereocenters. The zero-order chi connectivity index (χ0) is 23.3. The number of hydrogen-bond acceptors (Lipinski definition) is 5. The van der Waals surface area contributed by atoms with Crippen molar-refractivity contribution in [2.45, 2.75) is 38.5 Å². The SMILES string of the molecule is CCN(CC)S(=O)(=O)c1cccc(NC(=O)CNc2cccc(N3CCCC3=O)c2C)c1. The van der Waals surface area contributed by atoms with Crippen molar-refractivity contribution in [3.63, 3.8) is 0 Å². The molecule has 0 radical (unpaired) electrons. The molecule has 1 fully saturated rings. The number of benzene rings is 2. The van der Waals surface area contributed by atoms with Crippen LogP contribution in [0.1, 0.15) is 32.3 Å². The maximum atomic E-state index is 12.7. The molecule has 32 heavy (non-hydrogen) atoms. The number of anilines is 3. The summed E-state index contributed by atoms with van der Waals surface area (Å²) in [5.74, 6) is -0.188. The fourth-order valence-electron chi connectivity index (χ4n) is 3.84.